The quantitative estimate of drug-likeness (QED) is 0.931. The number of benzene rings is 1. The first-order valence-corrected chi connectivity index (χ1v) is 7.79. The van der Waals surface area contributed by atoms with E-state index in [0.29, 0.717) is 11.6 Å². The number of hydrogen-bond donors (Lipinski definition) is 1. The Morgan fingerprint density at radius 1 is 1.48 bits per heavy atom. The standard InChI is InChI=1S/C16H20ClFN2O/c1-20(10-11-2-3-12(18)8-14(11)17)15(21)13-9-16(13)4-6-19-7-5-16/h2-3,8,13,19H,4-7,9-10H2,1H3. The summed E-state index contributed by atoms with van der Waals surface area (Å²) < 4.78 is 13.0. The third kappa shape index (κ3) is 2.92. The fraction of sp³-hybridized carbons (Fsp3) is 0.562. The molecule has 0 aromatic heterocycles. The Labute approximate surface area is 129 Å². The van der Waals surface area contributed by atoms with Crippen LogP contribution in [0.15, 0.2) is 18.2 Å². The van der Waals surface area contributed by atoms with E-state index in [1.165, 1.54) is 12.1 Å². The number of piperidine rings is 1. The maximum atomic E-state index is 13.0. The van der Waals surface area contributed by atoms with Crippen molar-refractivity contribution in [3.63, 3.8) is 0 Å². The predicted octanol–water partition coefficient (Wildman–Crippen LogP) is 2.83. The second-order valence-corrected chi connectivity index (χ2v) is 6.71. The smallest absolute Gasteiger partial charge is 0.226 e. The van der Waals surface area contributed by atoms with Crippen molar-refractivity contribution < 1.29 is 9.18 Å². The monoisotopic (exact) mass is 310 g/mol. The van der Waals surface area contributed by atoms with Gasteiger partial charge in [-0.1, -0.05) is 17.7 Å². The molecule has 1 saturated carbocycles. The molecule has 1 unspecified atom stereocenters. The highest BCUT2D eigenvalue weighted by molar-refractivity contribution is 6.31. The predicted molar refractivity (Wildman–Crippen MR) is 80.5 cm³/mol. The molecule has 114 valence electrons. The van der Waals surface area contributed by atoms with Gasteiger partial charge < -0.3 is 10.2 Å². The summed E-state index contributed by atoms with van der Waals surface area (Å²) in [6.45, 7) is 2.46. The second kappa shape index (κ2) is 5.58. The van der Waals surface area contributed by atoms with Crippen molar-refractivity contribution >= 4 is 17.5 Å². The van der Waals surface area contributed by atoms with E-state index in [0.717, 1.165) is 37.9 Å². The lowest BCUT2D eigenvalue weighted by Crippen LogP contribution is -2.34. The molecule has 2 fully saturated rings. The number of carbonyl (C=O) groups excluding carboxylic acids is 1. The molecule has 2 aliphatic rings. The Hall–Kier alpha value is -1.13. The zero-order valence-corrected chi connectivity index (χ0v) is 12.9. The first-order valence-electron chi connectivity index (χ1n) is 7.41. The molecule has 1 saturated heterocycles. The summed E-state index contributed by atoms with van der Waals surface area (Å²) in [6, 6.07) is 4.32. The number of amides is 1. The summed E-state index contributed by atoms with van der Waals surface area (Å²) in [5.74, 6) is -0.00491. The molecule has 3 nitrogen and oxygen atoms in total. The molecule has 3 rings (SSSR count). The van der Waals surface area contributed by atoms with Gasteiger partial charge in [-0.05, 0) is 55.5 Å². The molecule has 1 aliphatic heterocycles. The molecule has 1 spiro atoms. The lowest BCUT2D eigenvalue weighted by Gasteiger charge is -2.25. The molecule has 0 radical (unpaired) electrons. The van der Waals surface area contributed by atoms with Crippen LogP contribution in [0.25, 0.3) is 0 Å². The normalized spacial score (nSPS) is 23.1. The fourth-order valence-corrected chi connectivity index (χ4v) is 3.65. The van der Waals surface area contributed by atoms with Gasteiger partial charge in [0.15, 0.2) is 0 Å². The number of hydrogen-bond acceptors (Lipinski definition) is 2. The molecule has 21 heavy (non-hydrogen) atoms. The van der Waals surface area contributed by atoms with Crippen molar-refractivity contribution in [1.82, 2.24) is 10.2 Å². The van der Waals surface area contributed by atoms with E-state index < -0.39 is 0 Å². The van der Waals surface area contributed by atoms with Crippen molar-refractivity contribution in [3.05, 3.63) is 34.6 Å². The molecule has 0 bridgehead atoms. The van der Waals surface area contributed by atoms with E-state index in [-0.39, 0.29) is 23.1 Å². The van der Waals surface area contributed by atoms with Crippen LogP contribution < -0.4 is 5.32 Å². The minimum absolute atomic E-state index is 0.156. The van der Waals surface area contributed by atoms with Gasteiger partial charge in [0.05, 0.1) is 0 Å². The summed E-state index contributed by atoms with van der Waals surface area (Å²) in [6.07, 6.45) is 3.19. The van der Waals surface area contributed by atoms with Crippen LogP contribution in [-0.4, -0.2) is 30.9 Å². The number of nitrogens with one attached hydrogen (secondary N) is 1. The van der Waals surface area contributed by atoms with Crippen molar-refractivity contribution in [3.8, 4) is 0 Å². The molecule has 5 heteroatoms. The first kappa shape index (κ1) is 14.8. The van der Waals surface area contributed by atoms with Crippen LogP contribution in [-0.2, 0) is 11.3 Å². The van der Waals surface area contributed by atoms with E-state index in [4.69, 9.17) is 11.6 Å². The summed E-state index contributed by atoms with van der Waals surface area (Å²) in [5.41, 5.74) is 1.03. The summed E-state index contributed by atoms with van der Waals surface area (Å²) >= 11 is 6.03. The molecular weight excluding hydrogens is 291 g/mol. The van der Waals surface area contributed by atoms with Crippen LogP contribution in [0, 0.1) is 17.2 Å². The van der Waals surface area contributed by atoms with E-state index >= 15 is 0 Å². The molecule has 1 heterocycles. The Bertz CT molecular complexity index is 557. The van der Waals surface area contributed by atoms with Crippen molar-refractivity contribution in [2.24, 2.45) is 11.3 Å². The van der Waals surface area contributed by atoms with Gasteiger partial charge in [0.25, 0.3) is 0 Å². The van der Waals surface area contributed by atoms with Crippen LogP contribution in [0.5, 0.6) is 0 Å². The van der Waals surface area contributed by atoms with Crippen LogP contribution in [0.2, 0.25) is 5.02 Å². The van der Waals surface area contributed by atoms with Crippen LogP contribution in [0.4, 0.5) is 4.39 Å². The average Bonchev–Trinajstić information content (AvgIpc) is 3.15. The van der Waals surface area contributed by atoms with Crippen LogP contribution >= 0.6 is 11.6 Å². The Morgan fingerprint density at radius 2 is 2.19 bits per heavy atom. The van der Waals surface area contributed by atoms with Gasteiger partial charge in [-0.15, -0.1) is 0 Å². The minimum Gasteiger partial charge on any atom is -0.341 e. The molecule has 1 N–H and O–H groups in total. The molecule has 1 aromatic rings. The fourth-order valence-electron chi connectivity index (χ4n) is 3.42. The maximum Gasteiger partial charge on any atom is 0.226 e. The molecule has 1 amide bonds. The van der Waals surface area contributed by atoms with E-state index in [1.807, 2.05) is 0 Å². The summed E-state index contributed by atoms with van der Waals surface area (Å²) in [7, 11) is 1.80. The van der Waals surface area contributed by atoms with E-state index in [9.17, 15) is 9.18 Å². The number of rotatable bonds is 3. The number of nitrogens with zero attached hydrogens (tertiary/aromatic N) is 1. The lowest BCUT2D eigenvalue weighted by atomic mass is 9.91. The van der Waals surface area contributed by atoms with Gasteiger partial charge in [0.2, 0.25) is 5.91 Å². The average molecular weight is 311 g/mol. The summed E-state index contributed by atoms with van der Waals surface area (Å²) in [4.78, 5) is 14.3. The molecule has 1 aromatic carbocycles. The summed E-state index contributed by atoms with van der Waals surface area (Å²) in [5, 5.41) is 3.72. The topological polar surface area (TPSA) is 32.3 Å². The Morgan fingerprint density at radius 3 is 2.86 bits per heavy atom. The van der Waals surface area contributed by atoms with Crippen molar-refractivity contribution in [2.45, 2.75) is 25.8 Å². The Balaban J connectivity index is 1.63. The Kier molecular flexibility index (Phi) is 3.93. The lowest BCUT2D eigenvalue weighted by molar-refractivity contribution is -0.132. The number of halogens is 2. The van der Waals surface area contributed by atoms with Gasteiger partial charge in [-0.3, -0.25) is 4.79 Å². The van der Waals surface area contributed by atoms with Gasteiger partial charge in [0, 0.05) is 24.5 Å². The number of carbonyl (C=O) groups is 1. The van der Waals surface area contributed by atoms with Crippen molar-refractivity contribution in [2.75, 3.05) is 20.1 Å². The first-order chi connectivity index (χ1) is 10.0. The highest BCUT2D eigenvalue weighted by Crippen LogP contribution is 2.59. The third-order valence-electron chi connectivity index (χ3n) is 4.89. The van der Waals surface area contributed by atoms with E-state index in [1.54, 1.807) is 18.0 Å². The van der Waals surface area contributed by atoms with Gasteiger partial charge in [-0.25, -0.2) is 4.39 Å². The van der Waals surface area contributed by atoms with Crippen molar-refractivity contribution in [1.29, 1.82) is 0 Å². The molecular formula is C16H20ClFN2O. The third-order valence-corrected chi connectivity index (χ3v) is 5.24. The van der Waals surface area contributed by atoms with Crippen LogP contribution in [0.3, 0.4) is 0 Å². The highest BCUT2D eigenvalue weighted by atomic mass is 35.5. The van der Waals surface area contributed by atoms with Gasteiger partial charge in [-0.2, -0.15) is 0 Å². The highest BCUT2D eigenvalue weighted by Gasteiger charge is 2.58. The second-order valence-electron chi connectivity index (χ2n) is 6.30. The maximum absolute atomic E-state index is 13.0. The van der Waals surface area contributed by atoms with E-state index in [2.05, 4.69) is 5.32 Å². The zero-order chi connectivity index (χ0) is 15.0. The minimum atomic E-state index is -0.353. The molecule has 1 aliphatic carbocycles. The van der Waals surface area contributed by atoms with Gasteiger partial charge >= 0.3 is 0 Å². The van der Waals surface area contributed by atoms with Crippen LogP contribution in [0.1, 0.15) is 24.8 Å². The largest absolute Gasteiger partial charge is 0.341 e. The van der Waals surface area contributed by atoms with Gasteiger partial charge in [0.1, 0.15) is 5.82 Å². The molecule has 1 atom stereocenters. The zero-order valence-electron chi connectivity index (χ0n) is 12.2. The SMILES string of the molecule is CN(Cc1ccc(F)cc1Cl)C(=O)C1CC12CCNCC2.